The average Bonchev–Trinajstić information content (AvgIpc) is 2.74. The van der Waals surface area contributed by atoms with E-state index < -0.39 is 0 Å². The number of benzene rings is 2. The van der Waals surface area contributed by atoms with Crippen molar-refractivity contribution in [2.24, 2.45) is 0 Å². The number of nitrogen functional groups attached to an aromatic ring is 1. The summed E-state index contributed by atoms with van der Waals surface area (Å²) >= 11 is 6.93. The molecular weight excluding hydrogens is 372 g/mol. The molecule has 0 bridgehead atoms. The molecular formula is C13H10Br2N4. The first kappa shape index (κ1) is 12.5. The third kappa shape index (κ3) is 2.59. The zero-order valence-corrected chi connectivity index (χ0v) is 12.9. The van der Waals surface area contributed by atoms with Gasteiger partial charge >= 0.3 is 0 Å². The first-order chi connectivity index (χ1) is 9.11. The van der Waals surface area contributed by atoms with E-state index in [1.165, 1.54) is 0 Å². The SMILES string of the molecule is Nc1ccc2nc(Nc3ccc(Br)cc3Br)[nH]c2c1. The summed E-state index contributed by atoms with van der Waals surface area (Å²) in [7, 11) is 0. The zero-order valence-electron chi connectivity index (χ0n) is 9.74. The molecule has 0 aliphatic carbocycles. The summed E-state index contributed by atoms with van der Waals surface area (Å²) < 4.78 is 1.98. The minimum absolute atomic E-state index is 0.684. The van der Waals surface area contributed by atoms with Crippen LogP contribution < -0.4 is 11.1 Å². The van der Waals surface area contributed by atoms with Crippen molar-refractivity contribution >= 4 is 60.2 Å². The Hall–Kier alpha value is -1.53. The minimum atomic E-state index is 0.684. The summed E-state index contributed by atoms with van der Waals surface area (Å²) in [4.78, 5) is 7.65. The molecule has 1 heterocycles. The lowest BCUT2D eigenvalue weighted by atomic mass is 10.3. The number of hydrogen-bond acceptors (Lipinski definition) is 3. The highest BCUT2D eigenvalue weighted by atomic mass is 79.9. The molecule has 96 valence electrons. The Morgan fingerprint density at radius 3 is 2.74 bits per heavy atom. The van der Waals surface area contributed by atoms with Crippen LogP contribution in [0.4, 0.5) is 17.3 Å². The van der Waals surface area contributed by atoms with Gasteiger partial charge < -0.3 is 16.0 Å². The highest BCUT2D eigenvalue weighted by molar-refractivity contribution is 9.11. The molecule has 0 aliphatic heterocycles. The molecule has 3 rings (SSSR count). The van der Waals surface area contributed by atoms with Gasteiger partial charge in [-0.25, -0.2) is 4.98 Å². The molecule has 2 aromatic carbocycles. The van der Waals surface area contributed by atoms with Gasteiger partial charge in [0, 0.05) is 14.6 Å². The number of fused-ring (bicyclic) bond motifs is 1. The van der Waals surface area contributed by atoms with Crippen LogP contribution in [-0.2, 0) is 0 Å². The highest BCUT2D eigenvalue weighted by Gasteiger charge is 2.05. The molecule has 0 saturated heterocycles. The van der Waals surface area contributed by atoms with E-state index in [-0.39, 0.29) is 0 Å². The number of nitrogens with one attached hydrogen (secondary N) is 2. The molecule has 0 fully saturated rings. The van der Waals surface area contributed by atoms with Crippen molar-refractivity contribution < 1.29 is 0 Å². The van der Waals surface area contributed by atoms with Gasteiger partial charge in [-0.1, -0.05) is 15.9 Å². The van der Waals surface area contributed by atoms with E-state index in [1.807, 2.05) is 36.4 Å². The fraction of sp³-hybridized carbons (Fsp3) is 0. The molecule has 0 atom stereocenters. The predicted octanol–water partition coefficient (Wildman–Crippen LogP) is 4.41. The first-order valence-corrected chi connectivity index (χ1v) is 7.18. The number of imidazole rings is 1. The van der Waals surface area contributed by atoms with E-state index in [1.54, 1.807) is 0 Å². The Labute approximate surface area is 126 Å². The van der Waals surface area contributed by atoms with Crippen LogP contribution >= 0.6 is 31.9 Å². The lowest BCUT2D eigenvalue weighted by Gasteiger charge is -2.05. The first-order valence-electron chi connectivity index (χ1n) is 5.59. The summed E-state index contributed by atoms with van der Waals surface area (Å²) in [5, 5.41) is 3.23. The number of aromatic amines is 1. The topological polar surface area (TPSA) is 66.7 Å². The van der Waals surface area contributed by atoms with Crippen molar-refractivity contribution in [2.45, 2.75) is 0 Å². The number of halogens is 2. The van der Waals surface area contributed by atoms with Crippen LogP contribution in [0.2, 0.25) is 0 Å². The number of nitrogens with two attached hydrogens (primary N) is 1. The number of H-pyrrole nitrogens is 1. The van der Waals surface area contributed by atoms with Gasteiger partial charge in [-0.15, -0.1) is 0 Å². The van der Waals surface area contributed by atoms with E-state index in [4.69, 9.17) is 5.73 Å². The highest BCUT2D eigenvalue weighted by Crippen LogP contribution is 2.28. The second-order valence-corrected chi connectivity index (χ2v) is 5.88. The lowest BCUT2D eigenvalue weighted by molar-refractivity contribution is 1.30. The Balaban J connectivity index is 1.96. The molecule has 0 radical (unpaired) electrons. The summed E-state index contributed by atoms with van der Waals surface area (Å²) in [6.45, 7) is 0. The molecule has 0 saturated carbocycles. The fourth-order valence-corrected chi connectivity index (χ4v) is 2.95. The van der Waals surface area contributed by atoms with Gasteiger partial charge in [-0.05, 0) is 52.3 Å². The number of hydrogen-bond donors (Lipinski definition) is 3. The fourth-order valence-electron chi connectivity index (χ4n) is 1.80. The summed E-state index contributed by atoms with van der Waals surface area (Å²) in [6.07, 6.45) is 0. The Bertz CT molecular complexity index is 751. The quantitative estimate of drug-likeness (QED) is 0.576. The molecule has 4 N–H and O–H groups in total. The summed E-state index contributed by atoms with van der Waals surface area (Å²) in [6, 6.07) is 11.5. The predicted molar refractivity (Wildman–Crippen MR) is 85.6 cm³/mol. The van der Waals surface area contributed by atoms with Crippen molar-refractivity contribution in [3.63, 3.8) is 0 Å². The number of nitrogens with zero attached hydrogens (tertiary/aromatic N) is 1. The number of anilines is 3. The van der Waals surface area contributed by atoms with E-state index >= 15 is 0 Å². The van der Waals surface area contributed by atoms with Gasteiger partial charge in [-0.2, -0.15) is 0 Å². The van der Waals surface area contributed by atoms with Crippen molar-refractivity contribution in [3.8, 4) is 0 Å². The van der Waals surface area contributed by atoms with Crippen molar-refractivity contribution in [1.82, 2.24) is 9.97 Å². The molecule has 3 aromatic rings. The molecule has 0 amide bonds. The third-order valence-corrected chi connectivity index (χ3v) is 3.84. The van der Waals surface area contributed by atoms with Gasteiger partial charge in [0.15, 0.2) is 0 Å². The van der Waals surface area contributed by atoms with E-state index in [0.717, 1.165) is 25.7 Å². The minimum Gasteiger partial charge on any atom is -0.399 e. The number of rotatable bonds is 2. The molecule has 19 heavy (non-hydrogen) atoms. The van der Waals surface area contributed by atoms with E-state index in [0.29, 0.717) is 11.6 Å². The Morgan fingerprint density at radius 2 is 1.95 bits per heavy atom. The summed E-state index contributed by atoms with van der Waals surface area (Å²) in [5.74, 6) is 0.684. The van der Waals surface area contributed by atoms with Crippen LogP contribution in [0.25, 0.3) is 11.0 Å². The third-order valence-electron chi connectivity index (χ3n) is 2.69. The van der Waals surface area contributed by atoms with Crippen LogP contribution in [0.5, 0.6) is 0 Å². The second-order valence-electron chi connectivity index (χ2n) is 4.11. The van der Waals surface area contributed by atoms with Crippen LogP contribution in [0.15, 0.2) is 45.3 Å². The molecule has 1 aromatic heterocycles. The summed E-state index contributed by atoms with van der Waals surface area (Å²) in [5.41, 5.74) is 9.19. The zero-order chi connectivity index (χ0) is 13.4. The second kappa shape index (κ2) is 4.86. The number of aromatic nitrogens is 2. The maximum Gasteiger partial charge on any atom is 0.205 e. The Morgan fingerprint density at radius 1 is 1.11 bits per heavy atom. The normalized spacial score (nSPS) is 10.8. The van der Waals surface area contributed by atoms with Gasteiger partial charge in [0.25, 0.3) is 0 Å². The molecule has 0 spiro atoms. The van der Waals surface area contributed by atoms with E-state index in [2.05, 4.69) is 47.1 Å². The maximum atomic E-state index is 5.75. The van der Waals surface area contributed by atoms with Crippen LogP contribution in [0.3, 0.4) is 0 Å². The van der Waals surface area contributed by atoms with E-state index in [9.17, 15) is 0 Å². The largest absolute Gasteiger partial charge is 0.399 e. The smallest absolute Gasteiger partial charge is 0.205 e. The lowest BCUT2D eigenvalue weighted by Crippen LogP contribution is -1.93. The van der Waals surface area contributed by atoms with Gasteiger partial charge in [0.1, 0.15) is 0 Å². The molecule has 4 nitrogen and oxygen atoms in total. The monoisotopic (exact) mass is 380 g/mol. The van der Waals surface area contributed by atoms with Gasteiger partial charge in [0.05, 0.1) is 16.7 Å². The van der Waals surface area contributed by atoms with Crippen molar-refractivity contribution in [1.29, 1.82) is 0 Å². The van der Waals surface area contributed by atoms with Crippen molar-refractivity contribution in [2.75, 3.05) is 11.1 Å². The van der Waals surface area contributed by atoms with Crippen LogP contribution in [0.1, 0.15) is 0 Å². The van der Waals surface area contributed by atoms with Crippen molar-refractivity contribution in [3.05, 3.63) is 45.3 Å². The molecule has 0 unspecified atom stereocenters. The van der Waals surface area contributed by atoms with Gasteiger partial charge in [-0.3, -0.25) is 0 Å². The maximum absolute atomic E-state index is 5.75. The molecule has 0 aliphatic rings. The van der Waals surface area contributed by atoms with Crippen LogP contribution in [-0.4, -0.2) is 9.97 Å². The van der Waals surface area contributed by atoms with Crippen LogP contribution in [0, 0.1) is 0 Å². The molecule has 6 heteroatoms. The standard InChI is InChI=1S/C13H10Br2N4/c14-7-1-3-10(9(15)5-7)17-13-18-11-4-2-8(16)6-12(11)19-13/h1-6H,16H2,(H2,17,18,19). The Kier molecular flexibility index (Phi) is 3.20. The average molecular weight is 382 g/mol. The van der Waals surface area contributed by atoms with Gasteiger partial charge in [0.2, 0.25) is 5.95 Å².